The van der Waals surface area contributed by atoms with Gasteiger partial charge < -0.3 is 20.8 Å². The molecule has 2 heterocycles. The van der Waals surface area contributed by atoms with Gasteiger partial charge in [-0.2, -0.15) is 0 Å². The Balaban J connectivity index is 2.03. The maximum atomic E-state index is 9.84. The molecule has 94 valence electrons. The van der Waals surface area contributed by atoms with Gasteiger partial charge in [-0.1, -0.05) is 0 Å². The van der Waals surface area contributed by atoms with Gasteiger partial charge in [0.05, 0.1) is 0 Å². The van der Waals surface area contributed by atoms with Crippen molar-refractivity contribution in [1.29, 1.82) is 0 Å². The lowest BCUT2D eigenvalue weighted by Gasteiger charge is -2.43. The van der Waals surface area contributed by atoms with Crippen molar-refractivity contribution in [3.05, 3.63) is 0 Å². The number of nitrogens with one attached hydrogen (secondary N) is 2. The van der Waals surface area contributed by atoms with E-state index in [0.717, 1.165) is 32.6 Å². The van der Waals surface area contributed by atoms with Crippen LogP contribution in [0.2, 0.25) is 0 Å². The van der Waals surface area contributed by atoms with Gasteiger partial charge in [-0.25, -0.2) is 0 Å². The highest BCUT2D eigenvalue weighted by molar-refractivity contribution is 4.89. The smallest absolute Gasteiger partial charge is 0.163 e. The lowest BCUT2D eigenvalue weighted by atomic mass is 9.71. The van der Waals surface area contributed by atoms with E-state index in [1.54, 1.807) is 0 Å². The second-order valence-electron chi connectivity index (χ2n) is 5.44. The molecule has 2 atom stereocenters. The van der Waals surface area contributed by atoms with Crippen molar-refractivity contribution < 1.29 is 10.2 Å². The molecule has 2 unspecified atom stereocenters. The van der Waals surface area contributed by atoms with Crippen LogP contribution in [0, 0.1) is 17.8 Å². The van der Waals surface area contributed by atoms with Crippen LogP contribution in [-0.4, -0.2) is 42.2 Å². The van der Waals surface area contributed by atoms with E-state index in [1.165, 1.54) is 19.8 Å². The molecule has 0 spiro atoms. The molecular formula is C12H24N2O2. The Bertz CT molecular complexity index is 222. The highest BCUT2D eigenvalue weighted by Gasteiger charge is 2.41. The first-order chi connectivity index (χ1) is 7.59. The van der Waals surface area contributed by atoms with E-state index in [1.807, 2.05) is 0 Å². The Morgan fingerprint density at radius 3 is 2.25 bits per heavy atom. The van der Waals surface area contributed by atoms with Crippen LogP contribution in [-0.2, 0) is 0 Å². The second kappa shape index (κ2) is 5.00. The van der Waals surface area contributed by atoms with Crippen molar-refractivity contribution in [2.45, 2.75) is 32.0 Å². The molecular weight excluding hydrogens is 204 g/mol. The highest BCUT2D eigenvalue weighted by atomic mass is 16.5. The Labute approximate surface area is 97.4 Å². The summed E-state index contributed by atoms with van der Waals surface area (Å²) in [5.74, 6) is -0.442. The molecule has 2 fully saturated rings. The van der Waals surface area contributed by atoms with Crippen LogP contribution in [0.1, 0.15) is 26.2 Å². The summed E-state index contributed by atoms with van der Waals surface area (Å²) in [5.41, 5.74) is 0. The van der Waals surface area contributed by atoms with Gasteiger partial charge >= 0.3 is 0 Å². The first-order valence-corrected chi connectivity index (χ1v) is 6.45. The quantitative estimate of drug-likeness (QED) is 0.499. The van der Waals surface area contributed by atoms with Crippen molar-refractivity contribution in [1.82, 2.24) is 10.6 Å². The van der Waals surface area contributed by atoms with Crippen LogP contribution in [0.25, 0.3) is 0 Å². The molecule has 0 aromatic carbocycles. The van der Waals surface area contributed by atoms with Gasteiger partial charge in [-0.3, -0.25) is 0 Å². The van der Waals surface area contributed by atoms with Gasteiger partial charge in [0.25, 0.3) is 0 Å². The van der Waals surface area contributed by atoms with Gasteiger partial charge in [0.2, 0.25) is 0 Å². The van der Waals surface area contributed by atoms with E-state index < -0.39 is 5.79 Å². The Hall–Kier alpha value is -0.160. The maximum absolute atomic E-state index is 9.84. The number of hydrogen-bond donors (Lipinski definition) is 4. The monoisotopic (exact) mass is 228 g/mol. The largest absolute Gasteiger partial charge is 0.366 e. The SMILES string of the molecule is CC(O)(O)C1CNCCC1C1CCNCC1. The van der Waals surface area contributed by atoms with E-state index in [0.29, 0.717) is 11.8 Å². The van der Waals surface area contributed by atoms with Gasteiger partial charge in [0, 0.05) is 12.5 Å². The van der Waals surface area contributed by atoms with Crippen LogP contribution in [0.3, 0.4) is 0 Å². The van der Waals surface area contributed by atoms with Gasteiger partial charge in [-0.05, 0) is 57.7 Å². The fourth-order valence-electron chi connectivity index (χ4n) is 3.31. The molecule has 4 nitrogen and oxygen atoms in total. The standard InChI is InChI=1S/C12H24N2O2/c1-12(15,16)11-8-14-7-4-10(11)9-2-5-13-6-3-9/h9-11,13-16H,2-8H2,1H3. The molecule has 4 heteroatoms. The molecule has 16 heavy (non-hydrogen) atoms. The highest BCUT2D eigenvalue weighted by Crippen LogP contribution is 2.37. The summed E-state index contributed by atoms with van der Waals surface area (Å²) >= 11 is 0. The fourth-order valence-corrected chi connectivity index (χ4v) is 3.31. The van der Waals surface area contributed by atoms with E-state index >= 15 is 0 Å². The van der Waals surface area contributed by atoms with E-state index in [-0.39, 0.29) is 5.92 Å². The molecule has 2 saturated heterocycles. The molecule has 2 aliphatic rings. The Kier molecular flexibility index (Phi) is 3.85. The molecule has 0 aromatic heterocycles. The third-order valence-corrected chi connectivity index (χ3v) is 4.23. The summed E-state index contributed by atoms with van der Waals surface area (Å²) in [4.78, 5) is 0. The minimum Gasteiger partial charge on any atom is -0.366 e. The van der Waals surface area contributed by atoms with E-state index in [9.17, 15) is 10.2 Å². The van der Waals surface area contributed by atoms with Crippen LogP contribution in [0.15, 0.2) is 0 Å². The first kappa shape index (κ1) is 12.3. The number of aliphatic hydroxyl groups is 2. The molecule has 2 rings (SSSR count). The Morgan fingerprint density at radius 2 is 1.62 bits per heavy atom. The van der Waals surface area contributed by atoms with Crippen molar-refractivity contribution in [2.75, 3.05) is 26.2 Å². The second-order valence-corrected chi connectivity index (χ2v) is 5.44. The zero-order valence-corrected chi connectivity index (χ0v) is 10.1. The summed E-state index contributed by atoms with van der Waals surface area (Å²) in [6.45, 7) is 5.43. The Morgan fingerprint density at radius 1 is 1.00 bits per heavy atom. The lowest BCUT2D eigenvalue weighted by molar-refractivity contribution is -0.206. The summed E-state index contributed by atoms with van der Waals surface area (Å²) in [6, 6.07) is 0. The number of rotatable bonds is 2. The molecule has 0 amide bonds. The lowest BCUT2D eigenvalue weighted by Crippen LogP contribution is -2.52. The average Bonchev–Trinajstić information content (AvgIpc) is 2.29. The normalized spacial score (nSPS) is 33.9. The summed E-state index contributed by atoms with van der Waals surface area (Å²) < 4.78 is 0. The summed E-state index contributed by atoms with van der Waals surface area (Å²) in [6.07, 6.45) is 3.43. The zero-order chi connectivity index (χ0) is 11.6. The molecule has 4 N–H and O–H groups in total. The summed E-state index contributed by atoms with van der Waals surface area (Å²) in [5, 5.41) is 26.3. The van der Waals surface area contributed by atoms with Gasteiger partial charge in [0.15, 0.2) is 5.79 Å². The fraction of sp³-hybridized carbons (Fsp3) is 1.00. The minimum absolute atomic E-state index is 0.0238. The third-order valence-electron chi connectivity index (χ3n) is 4.23. The number of hydrogen-bond acceptors (Lipinski definition) is 4. The summed E-state index contributed by atoms with van der Waals surface area (Å²) in [7, 11) is 0. The maximum Gasteiger partial charge on any atom is 0.163 e. The minimum atomic E-state index is -1.54. The molecule has 0 bridgehead atoms. The average molecular weight is 228 g/mol. The van der Waals surface area contributed by atoms with E-state index in [2.05, 4.69) is 10.6 Å². The van der Waals surface area contributed by atoms with Crippen LogP contribution >= 0.6 is 0 Å². The predicted octanol–water partition coefficient (Wildman–Crippen LogP) is -0.0875. The van der Waals surface area contributed by atoms with Crippen molar-refractivity contribution in [3.8, 4) is 0 Å². The van der Waals surface area contributed by atoms with E-state index in [4.69, 9.17) is 0 Å². The number of piperidine rings is 2. The first-order valence-electron chi connectivity index (χ1n) is 6.45. The third kappa shape index (κ3) is 2.74. The molecule has 0 saturated carbocycles. The molecule has 0 aliphatic carbocycles. The van der Waals surface area contributed by atoms with Gasteiger partial charge in [0.1, 0.15) is 0 Å². The van der Waals surface area contributed by atoms with Crippen molar-refractivity contribution >= 4 is 0 Å². The van der Waals surface area contributed by atoms with Crippen molar-refractivity contribution in [3.63, 3.8) is 0 Å². The van der Waals surface area contributed by atoms with Crippen molar-refractivity contribution in [2.24, 2.45) is 17.8 Å². The zero-order valence-electron chi connectivity index (χ0n) is 10.1. The molecule has 0 radical (unpaired) electrons. The van der Waals surface area contributed by atoms with Crippen LogP contribution in [0.4, 0.5) is 0 Å². The van der Waals surface area contributed by atoms with Crippen LogP contribution in [0.5, 0.6) is 0 Å². The molecule has 2 aliphatic heterocycles. The van der Waals surface area contributed by atoms with Crippen LogP contribution < -0.4 is 10.6 Å². The van der Waals surface area contributed by atoms with Gasteiger partial charge in [-0.15, -0.1) is 0 Å². The predicted molar refractivity (Wildman–Crippen MR) is 62.9 cm³/mol. The molecule has 0 aromatic rings. The topological polar surface area (TPSA) is 64.5 Å².